The number of aliphatic carboxylic acids is 4. The van der Waals surface area contributed by atoms with Crippen LogP contribution in [0.2, 0.25) is 0 Å². The minimum absolute atomic E-state index is 0.189. The van der Waals surface area contributed by atoms with E-state index in [1.807, 2.05) is 0 Å². The highest BCUT2D eigenvalue weighted by molar-refractivity contribution is 5.95. The number of rotatable bonds is 18. The third kappa shape index (κ3) is 8.55. The molecule has 1 fully saturated rings. The van der Waals surface area contributed by atoms with Crippen molar-refractivity contribution in [2.45, 2.75) is 30.4 Å². The summed E-state index contributed by atoms with van der Waals surface area (Å²) < 4.78 is 5.61. The average molecular weight is 531 g/mol. The first-order chi connectivity index (χ1) is 17.3. The van der Waals surface area contributed by atoms with Gasteiger partial charge in [0.1, 0.15) is 24.0 Å². The van der Waals surface area contributed by atoms with E-state index in [0.29, 0.717) is 5.69 Å². The fourth-order valence-electron chi connectivity index (χ4n) is 3.96. The Morgan fingerprint density at radius 3 is 1.92 bits per heavy atom. The van der Waals surface area contributed by atoms with Crippen molar-refractivity contribution in [2.75, 3.05) is 45.9 Å². The van der Waals surface area contributed by atoms with E-state index < -0.39 is 93.0 Å². The number of hydrogen-bond donors (Lipinski definition) is 8. The zero-order chi connectivity index (χ0) is 27.8. The highest BCUT2D eigenvalue weighted by atomic mass is 16.5. The average Bonchev–Trinajstić information content (AvgIpc) is 3.28. The summed E-state index contributed by atoms with van der Waals surface area (Å²) in [6.07, 6.45) is -2.13. The summed E-state index contributed by atoms with van der Waals surface area (Å²) in [5.74, 6) is -6.23. The van der Waals surface area contributed by atoms with Gasteiger partial charge in [0.2, 0.25) is 0 Å². The summed E-state index contributed by atoms with van der Waals surface area (Å²) in [4.78, 5) is 66.7. The Labute approximate surface area is 209 Å². The third-order valence-electron chi connectivity index (χ3n) is 5.55. The summed E-state index contributed by atoms with van der Waals surface area (Å²) in [6, 6.07) is 0. The molecule has 0 amide bonds. The Hall–Kier alpha value is -3.48. The number of aliphatic hydroxyl groups is 2. The van der Waals surface area contributed by atoms with E-state index in [1.165, 1.54) is 12.5 Å². The van der Waals surface area contributed by atoms with Gasteiger partial charge in [-0.2, -0.15) is 0 Å². The molecule has 0 radical (unpaired) electrons. The van der Waals surface area contributed by atoms with Gasteiger partial charge in [0.05, 0.1) is 39.1 Å². The van der Waals surface area contributed by atoms with Gasteiger partial charge in [-0.25, -0.2) is 4.98 Å². The number of hydrogen-bond acceptors (Lipinski definition) is 12. The molecule has 17 heteroatoms. The number of H-pyrrole nitrogens is 1. The van der Waals surface area contributed by atoms with Gasteiger partial charge in [-0.15, -0.1) is 0 Å². The zero-order valence-electron chi connectivity index (χ0n) is 19.5. The first-order valence-electron chi connectivity index (χ1n) is 10.9. The summed E-state index contributed by atoms with van der Waals surface area (Å²) in [5, 5.41) is 59.2. The van der Waals surface area contributed by atoms with E-state index in [1.54, 1.807) is 0 Å². The molecular weight excluding hydrogens is 502 g/mol. The van der Waals surface area contributed by atoms with Gasteiger partial charge in [0.25, 0.3) is 0 Å². The monoisotopic (exact) mass is 531 g/mol. The molecule has 0 bridgehead atoms. The van der Waals surface area contributed by atoms with Crippen LogP contribution in [0.15, 0.2) is 12.5 Å². The number of nitrogens with one attached hydrogen (secondary N) is 2. The number of carboxylic acids is 4. The molecule has 1 aromatic rings. The lowest BCUT2D eigenvalue weighted by Gasteiger charge is -2.51. The zero-order valence-corrected chi connectivity index (χ0v) is 19.5. The Kier molecular flexibility index (Phi) is 10.6. The van der Waals surface area contributed by atoms with Crippen LogP contribution in [-0.2, 0) is 35.1 Å². The van der Waals surface area contributed by atoms with E-state index in [-0.39, 0.29) is 13.0 Å². The number of nitrogens with zero attached hydrogens (tertiary/aromatic N) is 3. The lowest BCUT2D eigenvalue weighted by molar-refractivity contribution is -0.180. The number of aromatic amines is 1. The summed E-state index contributed by atoms with van der Waals surface area (Å²) >= 11 is 0. The SMILES string of the molecule is O=C(O)CN(CCOC(CN(CC(=O)O)CC(=O)O)C(=O)[C@]1(Cc2cnc[nH]2)NC(O)C1O)CC(=O)O. The Bertz CT molecular complexity index is 941. The van der Waals surface area contributed by atoms with Gasteiger partial charge in [-0.3, -0.25) is 39.1 Å². The highest BCUT2D eigenvalue weighted by Gasteiger charge is 2.59. The molecular formula is C20H29N5O12. The second kappa shape index (κ2) is 13.2. The molecule has 1 aromatic heterocycles. The molecule has 2 heterocycles. The predicted molar refractivity (Wildman–Crippen MR) is 118 cm³/mol. The minimum atomic E-state index is -1.81. The first-order valence-corrected chi connectivity index (χ1v) is 10.9. The molecule has 37 heavy (non-hydrogen) atoms. The molecule has 0 spiro atoms. The second-order valence-corrected chi connectivity index (χ2v) is 8.44. The third-order valence-corrected chi connectivity index (χ3v) is 5.55. The maximum absolute atomic E-state index is 13.7. The van der Waals surface area contributed by atoms with Crippen molar-refractivity contribution in [3.05, 3.63) is 18.2 Å². The van der Waals surface area contributed by atoms with Crippen molar-refractivity contribution in [2.24, 2.45) is 0 Å². The molecule has 3 unspecified atom stereocenters. The van der Waals surface area contributed by atoms with Crippen molar-refractivity contribution in [3.8, 4) is 0 Å². The molecule has 0 aliphatic carbocycles. The van der Waals surface area contributed by atoms with Crippen molar-refractivity contribution < 1.29 is 59.3 Å². The highest BCUT2D eigenvalue weighted by Crippen LogP contribution is 2.31. The van der Waals surface area contributed by atoms with E-state index in [0.717, 1.165) is 9.80 Å². The van der Waals surface area contributed by atoms with Gasteiger partial charge in [0.15, 0.2) is 5.78 Å². The van der Waals surface area contributed by atoms with E-state index in [2.05, 4.69) is 15.3 Å². The van der Waals surface area contributed by atoms with E-state index >= 15 is 0 Å². The topological polar surface area (TPSA) is 263 Å². The molecule has 1 saturated heterocycles. The first kappa shape index (κ1) is 29.7. The van der Waals surface area contributed by atoms with Gasteiger partial charge in [-0.05, 0) is 0 Å². The van der Waals surface area contributed by atoms with Crippen LogP contribution >= 0.6 is 0 Å². The number of carbonyl (C=O) groups is 5. The number of ether oxygens (including phenoxy) is 1. The fraction of sp³-hybridized carbons (Fsp3) is 0.600. The van der Waals surface area contributed by atoms with Crippen LogP contribution in [0.1, 0.15) is 5.69 Å². The number of aliphatic hydroxyl groups excluding tert-OH is 2. The Balaban J connectivity index is 2.29. The smallest absolute Gasteiger partial charge is 0.317 e. The van der Waals surface area contributed by atoms with Crippen LogP contribution in [0, 0.1) is 0 Å². The molecule has 2 rings (SSSR count). The molecule has 4 atom stereocenters. The Morgan fingerprint density at radius 1 is 0.946 bits per heavy atom. The number of carbonyl (C=O) groups excluding carboxylic acids is 1. The van der Waals surface area contributed by atoms with Gasteiger partial charge < -0.3 is 40.4 Å². The quantitative estimate of drug-likeness (QED) is 0.0893. The largest absolute Gasteiger partial charge is 0.480 e. The standard InChI is InChI=1S/C20H29N5O12/c26-13(27)6-24(7-14(28)29)1-2-37-12(5-25(8-15(30)31)9-16(32)33)17(34)20(18(35)19(36)23-20)3-11-4-21-10-22-11/h4,10,12,18-19,23,35-36H,1-3,5-9H2,(H,21,22)(H,26,27)(H,28,29)(H,30,31)(H,32,33)/t12?,18?,19?,20-/m0/s1. The van der Waals surface area contributed by atoms with Crippen molar-refractivity contribution in [1.29, 1.82) is 0 Å². The Morgan fingerprint density at radius 2 is 1.49 bits per heavy atom. The molecule has 206 valence electrons. The van der Waals surface area contributed by atoms with Gasteiger partial charge >= 0.3 is 23.9 Å². The molecule has 0 saturated carbocycles. The fourth-order valence-corrected chi connectivity index (χ4v) is 3.96. The molecule has 0 aromatic carbocycles. The number of Topliss-reactive ketones (excluding diaryl/α,β-unsaturated/α-hetero) is 1. The molecule has 8 N–H and O–H groups in total. The number of imidazole rings is 1. The number of ketones is 1. The minimum Gasteiger partial charge on any atom is -0.480 e. The van der Waals surface area contributed by atoms with Crippen molar-refractivity contribution in [3.63, 3.8) is 0 Å². The normalized spacial score (nSPS) is 21.9. The predicted octanol–water partition coefficient (Wildman–Crippen LogP) is -4.13. The lowest BCUT2D eigenvalue weighted by Crippen LogP contribution is -2.81. The van der Waals surface area contributed by atoms with Crippen molar-refractivity contribution in [1.82, 2.24) is 25.1 Å². The second-order valence-electron chi connectivity index (χ2n) is 8.44. The van der Waals surface area contributed by atoms with Crippen molar-refractivity contribution >= 4 is 29.7 Å². The van der Waals surface area contributed by atoms with Crippen LogP contribution in [0.25, 0.3) is 0 Å². The molecule has 17 nitrogen and oxygen atoms in total. The number of carboxylic acid groups (broad SMARTS) is 4. The summed E-state index contributed by atoms with van der Waals surface area (Å²) in [5.41, 5.74) is -1.41. The van der Waals surface area contributed by atoms with Gasteiger partial charge in [0, 0.05) is 31.4 Å². The summed E-state index contributed by atoms with van der Waals surface area (Å²) in [7, 11) is 0. The van der Waals surface area contributed by atoms with Crippen LogP contribution in [0.5, 0.6) is 0 Å². The lowest BCUT2D eigenvalue weighted by atomic mass is 9.74. The van der Waals surface area contributed by atoms with Crippen LogP contribution in [0.4, 0.5) is 0 Å². The maximum atomic E-state index is 13.7. The van der Waals surface area contributed by atoms with Gasteiger partial charge in [-0.1, -0.05) is 0 Å². The molecule has 1 aliphatic rings. The van der Waals surface area contributed by atoms with E-state index in [9.17, 15) is 34.2 Å². The maximum Gasteiger partial charge on any atom is 0.317 e. The summed E-state index contributed by atoms with van der Waals surface area (Å²) in [6.45, 7) is -4.03. The van der Waals surface area contributed by atoms with E-state index in [4.69, 9.17) is 25.2 Å². The number of aromatic nitrogens is 2. The van der Waals surface area contributed by atoms with Crippen LogP contribution in [0.3, 0.4) is 0 Å². The van der Waals surface area contributed by atoms with Crippen LogP contribution < -0.4 is 5.32 Å². The van der Waals surface area contributed by atoms with Crippen LogP contribution in [-0.4, -0.2) is 150 Å². The molecule has 1 aliphatic heterocycles.